The van der Waals surface area contributed by atoms with E-state index in [2.05, 4.69) is 19.2 Å². The maximum absolute atomic E-state index is 13.2. The minimum atomic E-state index is -5.75. The summed E-state index contributed by atoms with van der Waals surface area (Å²) in [5, 5.41) is 0. The van der Waals surface area contributed by atoms with Crippen LogP contribution in [0, 0.1) is 0 Å². The van der Waals surface area contributed by atoms with Crippen molar-refractivity contribution < 1.29 is 31.1 Å². The van der Waals surface area contributed by atoms with Gasteiger partial charge in [-0.15, -0.1) is 24.4 Å². The first kappa shape index (κ1) is 29.4. The van der Waals surface area contributed by atoms with Crippen molar-refractivity contribution in [3.63, 3.8) is 0 Å². The fourth-order valence-corrected chi connectivity index (χ4v) is 3.74. The zero-order valence-corrected chi connectivity index (χ0v) is 19.3. The number of allylic oxidation sites excluding steroid dienone is 2. The lowest BCUT2D eigenvalue weighted by Crippen LogP contribution is -2.60. The van der Waals surface area contributed by atoms with E-state index in [1.54, 1.807) is 0 Å². The molecule has 0 fully saturated rings. The maximum Gasteiger partial charge on any atom is 0.419 e. The van der Waals surface area contributed by atoms with Gasteiger partial charge in [0.2, 0.25) is 5.54 Å². The van der Waals surface area contributed by atoms with Gasteiger partial charge in [0.05, 0.1) is 10.6 Å². The second-order valence-corrected chi connectivity index (χ2v) is 7.20. The molecule has 0 spiro atoms. The average molecular weight is 489 g/mol. The molecular formula is C20H26F6N2OS2. The fourth-order valence-electron chi connectivity index (χ4n) is 2.49. The molecule has 0 atom stereocenters. The second-order valence-electron chi connectivity index (χ2n) is 5.58. The molecule has 0 unspecified atom stereocenters. The Labute approximate surface area is 188 Å². The number of hydrogen-bond acceptors (Lipinski definition) is 4. The van der Waals surface area contributed by atoms with Crippen LogP contribution >= 0.6 is 24.4 Å². The number of hydrogen-bond donors (Lipinski definition) is 2. The number of thioether (sulfide) groups is 1. The van der Waals surface area contributed by atoms with Gasteiger partial charge in [-0.25, -0.2) is 0 Å². The van der Waals surface area contributed by atoms with Crippen molar-refractivity contribution in [3.05, 3.63) is 47.4 Å². The van der Waals surface area contributed by atoms with Gasteiger partial charge in [-0.3, -0.25) is 4.79 Å². The lowest BCUT2D eigenvalue weighted by atomic mass is 9.89. The molecule has 2 N–H and O–H groups in total. The van der Waals surface area contributed by atoms with Crippen LogP contribution in [-0.2, 0) is 10.3 Å². The minimum Gasteiger partial charge on any atom is -0.306 e. The Bertz CT molecular complexity index is 777. The Balaban J connectivity index is 0.00000212. The molecule has 176 valence electrons. The summed E-state index contributed by atoms with van der Waals surface area (Å²) in [6.07, 6.45) is -8.84. The summed E-state index contributed by atoms with van der Waals surface area (Å²) >= 11 is 5.06. The Hall–Kier alpha value is -1.59. The van der Waals surface area contributed by atoms with Gasteiger partial charge in [-0.1, -0.05) is 46.4 Å². The van der Waals surface area contributed by atoms with E-state index in [0.29, 0.717) is 6.07 Å². The van der Waals surface area contributed by atoms with Gasteiger partial charge in [0.25, 0.3) is 5.91 Å². The topological polar surface area (TPSA) is 46.3 Å². The summed E-state index contributed by atoms with van der Waals surface area (Å²) in [4.78, 5) is 13.7. The number of carbonyl (C=O) groups excluding carboxylic acids is 1. The molecule has 0 bridgehead atoms. The molecule has 1 aromatic rings. The summed E-state index contributed by atoms with van der Waals surface area (Å²) in [7, 11) is 0. The van der Waals surface area contributed by atoms with Gasteiger partial charge in [0, 0.05) is 17.2 Å². The molecule has 3 nitrogen and oxygen atoms in total. The van der Waals surface area contributed by atoms with E-state index in [1.165, 1.54) is 17.1 Å². The monoisotopic (exact) mass is 488 g/mol. The molecule has 0 aliphatic carbocycles. The maximum atomic E-state index is 13.2. The van der Waals surface area contributed by atoms with Gasteiger partial charge in [0.15, 0.2) is 0 Å². The molecule has 0 saturated heterocycles. The normalized spacial score (nSPS) is 14.5. The Morgan fingerprint density at radius 1 is 1.13 bits per heavy atom. The second kappa shape index (κ2) is 11.9. The standard InChI is InChI=1S/C16H14F6N2OS2.2C2H6/c1-2-3-11(26)13(25)24-6-7-27-12-8-9(4-5-10(12)24)14(23,15(17,18)19)16(20,21)22;2*1-2/h2-5,8,26H,1,6-7,23H2;2*1-2H3/b11-3-;;. The highest BCUT2D eigenvalue weighted by molar-refractivity contribution is 7.99. The third-order valence-corrected chi connectivity index (χ3v) is 5.28. The lowest BCUT2D eigenvalue weighted by Gasteiger charge is -2.35. The van der Waals surface area contributed by atoms with E-state index < -0.39 is 29.4 Å². The molecule has 0 saturated carbocycles. The van der Waals surface area contributed by atoms with Crippen LogP contribution in [0.25, 0.3) is 0 Å². The molecule has 11 heteroatoms. The van der Waals surface area contributed by atoms with Gasteiger partial charge in [-0.05, 0) is 23.8 Å². The van der Waals surface area contributed by atoms with E-state index >= 15 is 0 Å². The molecule has 1 amide bonds. The molecule has 31 heavy (non-hydrogen) atoms. The first-order valence-corrected chi connectivity index (χ1v) is 10.8. The summed E-state index contributed by atoms with van der Waals surface area (Å²) < 4.78 is 79.0. The molecule has 1 heterocycles. The number of benzene rings is 1. The van der Waals surface area contributed by atoms with Crippen LogP contribution in [0.4, 0.5) is 32.0 Å². The van der Waals surface area contributed by atoms with Crippen molar-refractivity contribution in [2.75, 3.05) is 17.2 Å². The number of thiol groups is 1. The predicted octanol–water partition coefficient (Wildman–Crippen LogP) is 6.46. The van der Waals surface area contributed by atoms with Crippen molar-refractivity contribution in [2.45, 2.75) is 50.5 Å². The van der Waals surface area contributed by atoms with Crippen LogP contribution < -0.4 is 10.6 Å². The highest BCUT2D eigenvalue weighted by Gasteiger charge is 2.69. The number of nitrogens with two attached hydrogens (primary N) is 1. The Morgan fingerprint density at radius 3 is 2.10 bits per heavy atom. The van der Waals surface area contributed by atoms with Crippen molar-refractivity contribution in [3.8, 4) is 0 Å². The zero-order valence-electron chi connectivity index (χ0n) is 17.6. The number of nitrogens with zero attached hydrogens (tertiary/aromatic N) is 1. The molecular weight excluding hydrogens is 462 g/mol. The Kier molecular flexibility index (Phi) is 11.3. The number of rotatable bonds is 3. The molecule has 1 aliphatic rings. The number of fused-ring (bicyclic) bond motifs is 1. The van der Waals surface area contributed by atoms with Crippen molar-refractivity contribution in [2.24, 2.45) is 5.73 Å². The van der Waals surface area contributed by atoms with E-state index in [9.17, 15) is 31.1 Å². The van der Waals surface area contributed by atoms with Crippen LogP contribution in [0.3, 0.4) is 0 Å². The first-order chi connectivity index (χ1) is 14.3. The van der Waals surface area contributed by atoms with Crippen molar-refractivity contribution >= 4 is 36.0 Å². The first-order valence-electron chi connectivity index (χ1n) is 9.37. The van der Waals surface area contributed by atoms with Gasteiger partial charge >= 0.3 is 12.4 Å². The minimum absolute atomic E-state index is 0.0330. The highest BCUT2D eigenvalue weighted by atomic mass is 32.2. The quantitative estimate of drug-likeness (QED) is 0.222. The number of amides is 1. The van der Waals surface area contributed by atoms with Gasteiger partial charge in [-0.2, -0.15) is 26.3 Å². The lowest BCUT2D eigenvalue weighted by molar-refractivity contribution is -0.301. The van der Waals surface area contributed by atoms with E-state index in [-0.39, 0.29) is 27.8 Å². The summed E-state index contributed by atoms with van der Waals surface area (Å²) in [6, 6.07) is 2.40. The molecule has 1 aromatic carbocycles. The van der Waals surface area contributed by atoms with Crippen LogP contribution in [-0.4, -0.2) is 30.6 Å². The van der Waals surface area contributed by atoms with Crippen molar-refractivity contribution in [1.82, 2.24) is 0 Å². The number of anilines is 1. The number of alkyl halides is 6. The SMILES string of the molecule is C=C/C=C(\S)C(=O)N1CCSc2cc(C(N)(C(F)(F)F)C(F)(F)F)ccc21.CC.CC. The summed E-state index contributed by atoms with van der Waals surface area (Å²) in [6.45, 7) is 11.6. The van der Waals surface area contributed by atoms with Crippen LogP contribution in [0.1, 0.15) is 33.3 Å². The highest BCUT2D eigenvalue weighted by Crippen LogP contribution is 2.49. The van der Waals surface area contributed by atoms with Crippen LogP contribution in [0.5, 0.6) is 0 Å². The number of carbonyl (C=O) groups is 1. The Morgan fingerprint density at radius 2 is 1.65 bits per heavy atom. The van der Waals surface area contributed by atoms with E-state index in [4.69, 9.17) is 5.73 Å². The fraction of sp³-hybridized carbons (Fsp3) is 0.450. The third kappa shape index (κ3) is 6.23. The van der Waals surface area contributed by atoms with Gasteiger partial charge < -0.3 is 10.6 Å². The molecule has 0 radical (unpaired) electrons. The van der Waals surface area contributed by atoms with Gasteiger partial charge in [0.1, 0.15) is 0 Å². The third-order valence-electron chi connectivity index (χ3n) is 3.91. The largest absolute Gasteiger partial charge is 0.419 e. The number of halogens is 6. The summed E-state index contributed by atoms with van der Waals surface area (Å²) in [5.41, 5.74) is -0.650. The van der Waals surface area contributed by atoms with E-state index in [0.717, 1.165) is 23.9 Å². The van der Waals surface area contributed by atoms with Crippen LogP contribution in [0.15, 0.2) is 46.7 Å². The van der Waals surface area contributed by atoms with Crippen molar-refractivity contribution in [1.29, 1.82) is 0 Å². The van der Waals surface area contributed by atoms with Crippen LogP contribution in [0.2, 0.25) is 0 Å². The molecule has 2 rings (SSSR count). The zero-order chi connectivity index (χ0) is 24.6. The summed E-state index contributed by atoms with van der Waals surface area (Å²) in [5.74, 6) is -0.259. The van der Waals surface area contributed by atoms with E-state index in [1.807, 2.05) is 27.7 Å². The smallest absolute Gasteiger partial charge is 0.306 e. The predicted molar refractivity (Wildman–Crippen MR) is 117 cm³/mol. The average Bonchev–Trinajstić information content (AvgIpc) is 2.73. The molecule has 0 aromatic heterocycles. The molecule has 1 aliphatic heterocycles.